The van der Waals surface area contributed by atoms with Crippen molar-refractivity contribution in [2.75, 3.05) is 0 Å². The van der Waals surface area contributed by atoms with E-state index in [2.05, 4.69) is 5.32 Å². The van der Waals surface area contributed by atoms with Gasteiger partial charge >= 0.3 is 5.97 Å². The summed E-state index contributed by atoms with van der Waals surface area (Å²) in [5.41, 5.74) is 0.597. The van der Waals surface area contributed by atoms with Gasteiger partial charge in [0, 0.05) is 5.57 Å². The van der Waals surface area contributed by atoms with Crippen LogP contribution in [0.4, 0.5) is 0 Å². The molecule has 1 unspecified atom stereocenters. The molecule has 0 saturated heterocycles. The van der Waals surface area contributed by atoms with E-state index in [0.29, 0.717) is 5.57 Å². The Morgan fingerprint density at radius 1 is 1.33 bits per heavy atom. The molecule has 1 atom stereocenters. The van der Waals surface area contributed by atoms with Gasteiger partial charge in [-0.1, -0.05) is 32.3 Å². The SMILES string of the molecule is CC/C=C(\C)C(=O)NC(C(=O)O)C1CCCCC1. The van der Waals surface area contributed by atoms with Crippen LogP contribution in [0.2, 0.25) is 0 Å². The molecule has 0 spiro atoms. The maximum atomic E-state index is 11.8. The molecule has 4 heteroatoms. The molecule has 0 aliphatic heterocycles. The summed E-state index contributed by atoms with van der Waals surface area (Å²) < 4.78 is 0. The molecule has 0 bridgehead atoms. The minimum Gasteiger partial charge on any atom is -0.480 e. The molecule has 0 heterocycles. The van der Waals surface area contributed by atoms with Crippen molar-refractivity contribution in [3.05, 3.63) is 11.6 Å². The molecular weight excluding hydrogens is 230 g/mol. The average Bonchev–Trinajstić information content (AvgIpc) is 2.36. The zero-order chi connectivity index (χ0) is 13.5. The number of carboxylic acids is 1. The summed E-state index contributed by atoms with van der Waals surface area (Å²) in [7, 11) is 0. The Balaban J connectivity index is 2.65. The van der Waals surface area contributed by atoms with Crippen molar-refractivity contribution in [2.24, 2.45) is 5.92 Å². The summed E-state index contributed by atoms with van der Waals surface area (Å²) in [5, 5.41) is 11.9. The second-order valence-electron chi connectivity index (χ2n) is 4.98. The standard InChI is InChI=1S/C14H23NO3/c1-3-7-10(2)13(16)15-12(14(17)18)11-8-5-4-6-9-11/h7,11-12H,3-6,8-9H2,1-2H3,(H,15,16)(H,17,18)/b10-7+. The van der Waals surface area contributed by atoms with Crippen LogP contribution in [-0.2, 0) is 9.59 Å². The number of aliphatic carboxylic acids is 1. The van der Waals surface area contributed by atoms with Crippen LogP contribution in [0.1, 0.15) is 52.4 Å². The Morgan fingerprint density at radius 3 is 2.44 bits per heavy atom. The van der Waals surface area contributed by atoms with Gasteiger partial charge in [-0.05, 0) is 32.1 Å². The molecule has 1 aliphatic carbocycles. The molecule has 102 valence electrons. The number of rotatable bonds is 5. The van der Waals surface area contributed by atoms with E-state index in [1.807, 2.05) is 13.0 Å². The van der Waals surface area contributed by atoms with E-state index >= 15 is 0 Å². The smallest absolute Gasteiger partial charge is 0.326 e. The van der Waals surface area contributed by atoms with Crippen LogP contribution in [0.3, 0.4) is 0 Å². The molecule has 1 rings (SSSR count). The average molecular weight is 253 g/mol. The number of carboxylic acid groups (broad SMARTS) is 1. The number of carbonyl (C=O) groups is 2. The van der Waals surface area contributed by atoms with E-state index in [0.717, 1.165) is 32.1 Å². The van der Waals surface area contributed by atoms with Crippen molar-refractivity contribution < 1.29 is 14.7 Å². The lowest BCUT2D eigenvalue weighted by Gasteiger charge is -2.28. The lowest BCUT2D eigenvalue weighted by atomic mass is 9.84. The summed E-state index contributed by atoms with van der Waals surface area (Å²) in [4.78, 5) is 23.1. The molecule has 0 aromatic carbocycles. The van der Waals surface area contributed by atoms with Gasteiger partial charge in [0.2, 0.25) is 5.91 Å². The third kappa shape index (κ3) is 4.17. The van der Waals surface area contributed by atoms with E-state index < -0.39 is 12.0 Å². The van der Waals surface area contributed by atoms with Gasteiger partial charge in [0.1, 0.15) is 6.04 Å². The van der Waals surface area contributed by atoms with E-state index in [1.54, 1.807) is 6.92 Å². The van der Waals surface area contributed by atoms with E-state index in [1.165, 1.54) is 6.42 Å². The fourth-order valence-corrected chi connectivity index (χ4v) is 2.50. The second kappa shape index (κ2) is 7.19. The number of allylic oxidation sites excluding steroid dienone is 1. The highest BCUT2D eigenvalue weighted by atomic mass is 16.4. The quantitative estimate of drug-likeness (QED) is 0.740. The van der Waals surface area contributed by atoms with Gasteiger partial charge in [0.15, 0.2) is 0 Å². The van der Waals surface area contributed by atoms with E-state index in [4.69, 9.17) is 0 Å². The van der Waals surface area contributed by atoms with Gasteiger partial charge in [-0.25, -0.2) is 4.79 Å². The van der Waals surface area contributed by atoms with Crippen LogP contribution < -0.4 is 5.32 Å². The van der Waals surface area contributed by atoms with Crippen molar-refractivity contribution in [3.8, 4) is 0 Å². The molecule has 1 saturated carbocycles. The third-order valence-corrected chi connectivity index (χ3v) is 3.54. The minimum absolute atomic E-state index is 0.0784. The number of amides is 1. The van der Waals surface area contributed by atoms with Crippen molar-refractivity contribution in [1.29, 1.82) is 0 Å². The van der Waals surface area contributed by atoms with Crippen molar-refractivity contribution in [1.82, 2.24) is 5.32 Å². The largest absolute Gasteiger partial charge is 0.480 e. The van der Waals surface area contributed by atoms with E-state index in [9.17, 15) is 14.7 Å². The highest BCUT2D eigenvalue weighted by molar-refractivity contribution is 5.95. The predicted molar refractivity (Wildman–Crippen MR) is 70.2 cm³/mol. The predicted octanol–water partition coefficient (Wildman–Crippen LogP) is 2.49. The summed E-state index contributed by atoms with van der Waals surface area (Å²) in [6, 6.07) is -0.738. The van der Waals surface area contributed by atoms with Crippen molar-refractivity contribution in [2.45, 2.75) is 58.4 Å². The fourth-order valence-electron chi connectivity index (χ4n) is 2.50. The van der Waals surface area contributed by atoms with Crippen molar-refractivity contribution >= 4 is 11.9 Å². The van der Waals surface area contributed by atoms with Crippen LogP contribution in [0.5, 0.6) is 0 Å². The van der Waals surface area contributed by atoms with Crippen molar-refractivity contribution in [3.63, 3.8) is 0 Å². The Hall–Kier alpha value is -1.32. The van der Waals surface area contributed by atoms with Crippen LogP contribution >= 0.6 is 0 Å². The maximum Gasteiger partial charge on any atom is 0.326 e. The number of hydrogen-bond acceptors (Lipinski definition) is 2. The first-order chi connectivity index (χ1) is 8.56. The monoisotopic (exact) mass is 253 g/mol. The summed E-state index contributed by atoms with van der Waals surface area (Å²) in [6.45, 7) is 3.67. The van der Waals surface area contributed by atoms with Crippen LogP contribution in [0.25, 0.3) is 0 Å². The minimum atomic E-state index is -0.917. The van der Waals surface area contributed by atoms with Gasteiger partial charge in [0.25, 0.3) is 0 Å². The topological polar surface area (TPSA) is 66.4 Å². The first-order valence-corrected chi connectivity index (χ1v) is 6.76. The molecule has 1 amide bonds. The molecule has 0 aromatic heterocycles. The molecule has 1 fully saturated rings. The van der Waals surface area contributed by atoms with E-state index in [-0.39, 0.29) is 11.8 Å². The molecular formula is C14H23NO3. The third-order valence-electron chi connectivity index (χ3n) is 3.54. The molecule has 4 nitrogen and oxygen atoms in total. The van der Waals surface area contributed by atoms with Gasteiger partial charge in [0.05, 0.1) is 0 Å². The Kier molecular flexibility index (Phi) is 5.89. The normalized spacial score (nSPS) is 19.3. The maximum absolute atomic E-state index is 11.8. The molecule has 0 aromatic rings. The lowest BCUT2D eigenvalue weighted by molar-refractivity contribution is -0.143. The zero-order valence-corrected chi connectivity index (χ0v) is 11.2. The fraction of sp³-hybridized carbons (Fsp3) is 0.714. The molecule has 1 aliphatic rings. The van der Waals surface area contributed by atoms with Crippen LogP contribution in [0.15, 0.2) is 11.6 Å². The van der Waals surface area contributed by atoms with Gasteiger partial charge < -0.3 is 10.4 Å². The number of hydrogen-bond donors (Lipinski definition) is 2. The van der Waals surface area contributed by atoms with Gasteiger partial charge in [-0.3, -0.25) is 4.79 Å². The van der Waals surface area contributed by atoms with Gasteiger partial charge in [-0.15, -0.1) is 0 Å². The Bertz CT molecular complexity index is 330. The van der Waals surface area contributed by atoms with Crippen LogP contribution in [0, 0.1) is 5.92 Å². The summed E-state index contributed by atoms with van der Waals surface area (Å²) >= 11 is 0. The highest BCUT2D eigenvalue weighted by Crippen LogP contribution is 2.26. The Morgan fingerprint density at radius 2 is 1.94 bits per heavy atom. The highest BCUT2D eigenvalue weighted by Gasteiger charge is 2.30. The zero-order valence-electron chi connectivity index (χ0n) is 11.2. The number of nitrogens with one attached hydrogen (secondary N) is 1. The molecule has 18 heavy (non-hydrogen) atoms. The first kappa shape index (κ1) is 14.7. The van der Waals surface area contributed by atoms with Gasteiger partial charge in [-0.2, -0.15) is 0 Å². The van der Waals surface area contributed by atoms with Crippen LogP contribution in [-0.4, -0.2) is 23.0 Å². The first-order valence-electron chi connectivity index (χ1n) is 6.76. The Labute approximate surface area is 108 Å². The lowest BCUT2D eigenvalue weighted by Crippen LogP contribution is -2.46. The number of carbonyl (C=O) groups excluding carboxylic acids is 1. The molecule has 0 radical (unpaired) electrons. The molecule has 2 N–H and O–H groups in total. The second-order valence-corrected chi connectivity index (χ2v) is 4.98. The summed E-state index contributed by atoms with van der Waals surface area (Å²) in [6.07, 6.45) is 7.69. The summed E-state index contributed by atoms with van der Waals surface area (Å²) in [5.74, 6) is -1.09.